The van der Waals surface area contributed by atoms with Crippen molar-refractivity contribution in [3.05, 3.63) is 0 Å². The van der Waals surface area contributed by atoms with Gasteiger partial charge in [0.05, 0.1) is 0 Å². The largest absolute Gasteiger partial charge is 0.480 e. The Bertz CT molecular complexity index is 413. The third-order valence-corrected chi connectivity index (χ3v) is 5.58. The number of amides is 2. The number of fused-ring (bicyclic) bond motifs is 1. The fraction of sp³-hybridized carbons (Fsp3) is 0.867. The van der Waals surface area contributed by atoms with Crippen molar-refractivity contribution in [2.45, 2.75) is 51.0 Å². The van der Waals surface area contributed by atoms with Gasteiger partial charge in [0.2, 0.25) is 0 Å². The summed E-state index contributed by atoms with van der Waals surface area (Å²) < 4.78 is 0. The van der Waals surface area contributed by atoms with E-state index in [-0.39, 0.29) is 6.03 Å². The molecule has 3 rings (SSSR count). The van der Waals surface area contributed by atoms with Gasteiger partial charge < -0.3 is 14.9 Å². The SMILES string of the molecule is CC1(C(=O)O)CCCCN1C(=O)N1CC2CCCC2C1. The van der Waals surface area contributed by atoms with Gasteiger partial charge in [-0.05, 0) is 50.9 Å². The number of carbonyl (C=O) groups is 2. The van der Waals surface area contributed by atoms with Crippen LogP contribution in [-0.2, 0) is 4.79 Å². The molecule has 0 aromatic carbocycles. The van der Waals surface area contributed by atoms with Crippen molar-refractivity contribution in [2.75, 3.05) is 19.6 Å². The first-order valence-electron chi connectivity index (χ1n) is 7.82. The highest BCUT2D eigenvalue weighted by Crippen LogP contribution is 2.39. The lowest BCUT2D eigenvalue weighted by molar-refractivity contribution is -0.150. The maximum atomic E-state index is 12.7. The number of hydrogen-bond acceptors (Lipinski definition) is 2. The summed E-state index contributed by atoms with van der Waals surface area (Å²) in [5.74, 6) is 0.435. The first-order valence-corrected chi connectivity index (χ1v) is 7.82. The molecule has 2 amide bonds. The molecule has 2 saturated heterocycles. The number of rotatable bonds is 1. The molecule has 3 unspecified atom stereocenters. The molecule has 0 bridgehead atoms. The molecule has 1 N–H and O–H groups in total. The van der Waals surface area contributed by atoms with E-state index in [1.807, 2.05) is 4.90 Å². The number of hydrogen-bond donors (Lipinski definition) is 1. The minimum Gasteiger partial charge on any atom is -0.480 e. The van der Waals surface area contributed by atoms with E-state index in [4.69, 9.17) is 0 Å². The van der Waals surface area contributed by atoms with E-state index in [0.29, 0.717) is 24.8 Å². The van der Waals surface area contributed by atoms with Gasteiger partial charge in [-0.1, -0.05) is 6.42 Å². The molecule has 1 saturated carbocycles. The molecule has 5 heteroatoms. The van der Waals surface area contributed by atoms with E-state index in [1.165, 1.54) is 19.3 Å². The Morgan fingerprint density at radius 1 is 1.10 bits per heavy atom. The Hall–Kier alpha value is -1.26. The molecule has 2 aliphatic heterocycles. The van der Waals surface area contributed by atoms with Crippen LogP contribution in [0.2, 0.25) is 0 Å². The zero-order valence-corrected chi connectivity index (χ0v) is 12.2. The van der Waals surface area contributed by atoms with Crippen LogP contribution in [0.15, 0.2) is 0 Å². The van der Waals surface area contributed by atoms with E-state index < -0.39 is 11.5 Å². The Morgan fingerprint density at radius 3 is 2.35 bits per heavy atom. The number of likely N-dealkylation sites (tertiary alicyclic amines) is 2. The van der Waals surface area contributed by atoms with Crippen molar-refractivity contribution in [3.8, 4) is 0 Å². The van der Waals surface area contributed by atoms with Crippen LogP contribution < -0.4 is 0 Å². The van der Waals surface area contributed by atoms with Crippen molar-refractivity contribution in [2.24, 2.45) is 11.8 Å². The van der Waals surface area contributed by atoms with E-state index >= 15 is 0 Å². The Morgan fingerprint density at radius 2 is 1.75 bits per heavy atom. The highest BCUT2D eigenvalue weighted by Gasteiger charge is 2.47. The molecule has 0 aromatic rings. The molecule has 0 aromatic heterocycles. The standard InChI is InChI=1S/C15H24N2O3/c1-15(13(18)19)7-2-3-8-17(15)14(20)16-9-11-5-4-6-12(11)10-16/h11-12H,2-10H2,1H3,(H,18,19). The smallest absolute Gasteiger partial charge is 0.329 e. The molecule has 3 fully saturated rings. The van der Waals surface area contributed by atoms with Crippen LogP contribution in [0.3, 0.4) is 0 Å². The summed E-state index contributed by atoms with van der Waals surface area (Å²) in [6, 6.07) is -0.0519. The van der Waals surface area contributed by atoms with Crippen LogP contribution in [-0.4, -0.2) is 52.1 Å². The second-order valence-electron chi connectivity index (χ2n) is 6.83. The van der Waals surface area contributed by atoms with Crippen molar-refractivity contribution in [1.29, 1.82) is 0 Å². The molecule has 112 valence electrons. The van der Waals surface area contributed by atoms with Gasteiger partial charge in [0.15, 0.2) is 0 Å². The quantitative estimate of drug-likeness (QED) is 0.800. The van der Waals surface area contributed by atoms with Gasteiger partial charge in [-0.15, -0.1) is 0 Å². The third kappa shape index (κ3) is 2.07. The molecular weight excluding hydrogens is 256 g/mol. The van der Waals surface area contributed by atoms with Crippen LogP contribution in [0.25, 0.3) is 0 Å². The minimum absolute atomic E-state index is 0.0519. The molecule has 3 atom stereocenters. The van der Waals surface area contributed by atoms with E-state index in [2.05, 4.69) is 0 Å². The number of aliphatic carboxylic acids is 1. The van der Waals surface area contributed by atoms with Crippen LogP contribution in [0.1, 0.15) is 45.4 Å². The van der Waals surface area contributed by atoms with Gasteiger partial charge in [-0.2, -0.15) is 0 Å². The summed E-state index contributed by atoms with van der Waals surface area (Å²) in [6.45, 7) is 3.93. The van der Waals surface area contributed by atoms with Crippen LogP contribution >= 0.6 is 0 Å². The molecular formula is C15H24N2O3. The predicted octanol–water partition coefficient (Wildman–Crippen LogP) is 2.17. The fourth-order valence-electron chi connectivity index (χ4n) is 4.21. The number of piperidine rings is 1. The predicted molar refractivity (Wildman–Crippen MR) is 74.4 cm³/mol. The highest BCUT2D eigenvalue weighted by molar-refractivity contribution is 5.86. The van der Waals surface area contributed by atoms with Crippen LogP contribution in [0.4, 0.5) is 4.79 Å². The maximum Gasteiger partial charge on any atom is 0.329 e. The summed E-state index contributed by atoms with van der Waals surface area (Å²) in [4.78, 5) is 27.8. The number of carboxylic acid groups (broad SMARTS) is 1. The lowest BCUT2D eigenvalue weighted by Gasteiger charge is -2.43. The zero-order valence-electron chi connectivity index (χ0n) is 12.2. The lowest BCUT2D eigenvalue weighted by Crippen LogP contribution is -2.60. The lowest BCUT2D eigenvalue weighted by atomic mass is 9.89. The molecule has 2 heterocycles. The molecule has 20 heavy (non-hydrogen) atoms. The second-order valence-corrected chi connectivity index (χ2v) is 6.83. The topological polar surface area (TPSA) is 60.9 Å². The van der Waals surface area contributed by atoms with Crippen LogP contribution in [0.5, 0.6) is 0 Å². The van der Waals surface area contributed by atoms with Gasteiger partial charge >= 0.3 is 12.0 Å². The van der Waals surface area contributed by atoms with Crippen LogP contribution in [0, 0.1) is 11.8 Å². The summed E-state index contributed by atoms with van der Waals surface area (Å²) in [5, 5.41) is 9.51. The Labute approximate surface area is 119 Å². The van der Waals surface area contributed by atoms with Gasteiger partial charge in [0.25, 0.3) is 0 Å². The maximum absolute atomic E-state index is 12.7. The van der Waals surface area contributed by atoms with E-state index in [9.17, 15) is 14.7 Å². The van der Waals surface area contributed by atoms with Gasteiger partial charge in [-0.25, -0.2) is 9.59 Å². The van der Waals surface area contributed by atoms with Crippen molar-refractivity contribution >= 4 is 12.0 Å². The van der Waals surface area contributed by atoms with Crippen molar-refractivity contribution in [1.82, 2.24) is 9.80 Å². The third-order valence-electron chi connectivity index (χ3n) is 5.58. The number of urea groups is 1. The van der Waals surface area contributed by atoms with Crippen molar-refractivity contribution in [3.63, 3.8) is 0 Å². The number of carboxylic acids is 1. The Balaban J connectivity index is 1.74. The van der Waals surface area contributed by atoms with Gasteiger partial charge in [-0.3, -0.25) is 0 Å². The minimum atomic E-state index is -1.02. The average Bonchev–Trinajstić information content (AvgIpc) is 2.99. The first kappa shape index (κ1) is 13.7. The molecule has 3 aliphatic rings. The summed E-state index contributed by atoms with van der Waals surface area (Å²) >= 11 is 0. The first-order chi connectivity index (χ1) is 9.52. The average molecular weight is 280 g/mol. The number of carbonyl (C=O) groups excluding carboxylic acids is 1. The Kier molecular flexibility index (Phi) is 3.38. The van der Waals surface area contributed by atoms with Crippen molar-refractivity contribution < 1.29 is 14.7 Å². The second kappa shape index (κ2) is 4.93. The van der Waals surface area contributed by atoms with Gasteiger partial charge in [0, 0.05) is 19.6 Å². The molecule has 0 spiro atoms. The normalized spacial score (nSPS) is 37.0. The summed E-state index contributed by atoms with van der Waals surface area (Å²) in [6.07, 6.45) is 6.10. The molecule has 5 nitrogen and oxygen atoms in total. The highest BCUT2D eigenvalue weighted by atomic mass is 16.4. The number of nitrogens with zero attached hydrogens (tertiary/aromatic N) is 2. The van der Waals surface area contributed by atoms with E-state index in [1.54, 1.807) is 11.8 Å². The van der Waals surface area contributed by atoms with Gasteiger partial charge in [0.1, 0.15) is 5.54 Å². The monoisotopic (exact) mass is 280 g/mol. The fourth-order valence-corrected chi connectivity index (χ4v) is 4.21. The molecule has 1 aliphatic carbocycles. The summed E-state index contributed by atoms with van der Waals surface area (Å²) in [5.41, 5.74) is -1.02. The zero-order chi connectivity index (χ0) is 14.3. The van der Waals surface area contributed by atoms with E-state index in [0.717, 1.165) is 25.9 Å². The molecule has 0 radical (unpaired) electrons. The summed E-state index contributed by atoms with van der Waals surface area (Å²) in [7, 11) is 0.